The van der Waals surface area contributed by atoms with Gasteiger partial charge in [0.1, 0.15) is 11.6 Å². The fourth-order valence-electron chi connectivity index (χ4n) is 3.08. The van der Waals surface area contributed by atoms with Gasteiger partial charge in [0.05, 0.1) is 0 Å². The molecule has 2 aromatic rings. The molecule has 0 spiro atoms. The summed E-state index contributed by atoms with van der Waals surface area (Å²) in [6.45, 7) is 2.35. The molecule has 0 saturated carbocycles. The number of rotatable bonds is 5. The summed E-state index contributed by atoms with van der Waals surface area (Å²) in [6.07, 6.45) is 0. The summed E-state index contributed by atoms with van der Waals surface area (Å²) in [6, 6.07) is 15.3. The molecular weight excluding hydrogens is 361 g/mol. The molecule has 6 nitrogen and oxygen atoms in total. The van der Waals surface area contributed by atoms with Crippen LogP contribution in [0.2, 0.25) is 0 Å². The predicted octanol–water partition coefficient (Wildman–Crippen LogP) is 2.60. The molecule has 0 aromatic heterocycles. The number of nitrogens with zero attached hydrogens (tertiary/aromatic N) is 3. The van der Waals surface area contributed by atoms with Crippen LogP contribution in [0.1, 0.15) is 5.56 Å². The number of halogens is 1. The highest BCUT2D eigenvalue weighted by molar-refractivity contribution is 5.79. The quantitative estimate of drug-likeness (QED) is 0.795. The molecule has 3 rings (SSSR count). The molecule has 3 amide bonds. The summed E-state index contributed by atoms with van der Waals surface area (Å²) in [4.78, 5) is 30.0. The van der Waals surface area contributed by atoms with Crippen LogP contribution in [-0.4, -0.2) is 66.5 Å². The third kappa shape index (κ3) is 5.22. The minimum atomic E-state index is -0.350. The van der Waals surface area contributed by atoms with Crippen LogP contribution in [0.15, 0.2) is 54.6 Å². The Labute approximate surface area is 164 Å². The molecule has 0 radical (unpaired) electrons. The van der Waals surface area contributed by atoms with Crippen molar-refractivity contribution in [2.45, 2.75) is 6.54 Å². The molecule has 1 aliphatic heterocycles. The van der Waals surface area contributed by atoms with E-state index in [9.17, 15) is 14.0 Å². The predicted molar refractivity (Wildman–Crippen MR) is 103 cm³/mol. The molecule has 1 fully saturated rings. The van der Waals surface area contributed by atoms with Gasteiger partial charge in [-0.15, -0.1) is 0 Å². The molecule has 7 heteroatoms. The van der Waals surface area contributed by atoms with Crippen molar-refractivity contribution in [3.63, 3.8) is 0 Å². The number of benzene rings is 2. The molecular formula is C21H24FN3O3. The first-order valence-electron chi connectivity index (χ1n) is 9.23. The highest BCUT2D eigenvalue weighted by Crippen LogP contribution is 2.12. The van der Waals surface area contributed by atoms with Gasteiger partial charge < -0.3 is 19.4 Å². The summed E-state index contributed by atoms with van der Waals surface area (Å²) in [5.41, 5.74) is 1.07. The fourth-order valence-corrected chi connectivity index (χ4v) is 3.08. The van der Waals surface area contributed by atoms with E-state index in [1.807, 2.05) is 30.3 Å². The maximum Gasteiger partial charge on any atom is 0.320 e. The maximum absolute atomic E-state index is 12.9. The Bertz CT molecular complexity index is 790. The van der Waals surface area contributed by atoms with Crippen LogP contribution < -0.4 is 4.74 Å². The second-order valence-electron chi connectivity index (χ2n) is 6.73. The van der Waals surface area contributed by atoms with E-state index < -0.39 is 0 Å². The Kier molecular flexibility index (Phi) is 6.47. The summed E-state index contributed by atoms with van der Waals surface area (Å²) < 4.78 is 18.3. The van der Waals surface area contributed by atoms with E-state index in [4.69, 9.17) is 4.74 Å². The molecule has 1 aliphatic rings. The van der Waals surface area contributed by atoms with Crippen LogP contribution in [0.3, 0.4) is 0 Å². The van der Waals surface area contributed by atoms with E-state index in [0.717, 1.165) is 5.56 Å². The van der Waals surface area contributed by atoms with E-state index in [2.05, 4.69) is 0 Å². The largest absolute Gasteiger partial charge is 0.484 e. The van der Waals surface area contributed by atoms with Gasteiger partial charge in [-0.1, -0.05) is 30.3 Å². The number of piperazine rings is 1. The van der Waals surface area contributed by atoms with E-state index in [1.165, 1.54) is 24.3 Å². The Balaban J connectivity index is 1.43. The molecule has 2 aromatic carbocycles. The molecule has 148 valence electrons. The zero-order valence-electron chi connectivity index (χ0n) is 15.9. The summed E-state index contributed by atoms with van der Waals surface area (Å²) >= 11 is 0. The van der Waals surface area contributed by atoms with Gasteiger partial charge in [-0.05, 0) is 29.8 Å². The van der Waals surface area contributed by atoms with Crippen molar-refractivity contribution in [2.75, 3.05) is 39.8 Å². The second-order valence-corrected chi connectivity index (χ2v) is 6.73. The summed E-state index contributed by atoms with van der Waals surface area (Å²) in [5.74, 6) is -0.0446. The van der Waals surface area contributed by atoms with Crippen molar-refractivity contribution in [1.82, 2.24) is 14.7 Å². The molecule has 0 atom stereocenters. The molecule has 0 bridgehead atoms. The van der Waals surface area contributed by atoms with Crippen LogP contribution >= 0.6 is 0 Å². The highest BCUT2D eigenvalue weighted by atomic mass is 19.1. The van der Waals surface area contributed by atoms with Gasteiger partial charge >= 0.3 is 6.03 Å². The van der Waals surface area contributed by atoms with Gasteiger partial charge in [0.15, 0.2) is 6.61 Å². The number of hydrogen-bond acceptors (Lipinski definition) is 3. The minimum Gasteiger partial charge on any atom is -0.484 e. The van der Waals surface area contributed by atoms with Crippen molar-refractivity contribution < 1.29 is 18.7 Å². The Hall–Kier alpha value is -3.09. The minimum absolute atomic E-state index is 0.0430. The number of ether oxygens (including phenoxy) is 1. The summed E-state index contributed by atoms with van der Waals surface area (Å²) in [5, 5.41) is 0. The molecule has 0 unspecified atom stereocenters. The fraction of sp³-hybridized carbons (Fsp3) is 0.333. The molecule has 1 saturated heterocycles. The van der Waals surface area contributed by atoms with Gasteiger partial charge in [-0.25, -0.2) is 9.18 Å². The van der Waals surface area contributed by atoms with Gasteiger partial charge in [0.2, 0.25) is 0 Å². The van der Waals surface area contributed by atoms with Crippen molar-refractivity contribution >= 4 is 11.9 Å². The lowest BCUT2D eigenvalue weighted by molar-refractivity contribution is -0.134. The van der Waals surface area contributed by atoms with Crippen molar-refractivity contribution in [2.24, 2.45) is 0 Å². The SMILES string of the molecule is CN(Cc1ccccc1)C(=O)N1CCN(C(=O)COc2ccc(F)cc2)CC1. The van der Waals surface area contributed by atoms with E-state index >= 15 is 0 Å². The van der Waals surface area contributed by atoms with Gasteiger partial charge in [0.25, 0.3) is 5.91 Å². The van der Waals surface area contributed by atoms with Gasteiger partial charge in [0, 0.05) is 39.8 Å². The number of carbonyl (C=O) groups is 2. The Morgan fingerprint density at radius 1 is 0.964 bits per heavy atom. The zero-order valence-corrected chi connectivity index (χ0v) is 15.9. The lowest BCUT2D eigenvalue weighted by Gasteiger charge is -2.36. The smallest absolute Gasteiger partial charge is 0.320 e. The second kappa shape index (κ2) is 9.21. The van der Waals surface area contributed by atoms with E-state index in [-0.39, 0.29) is 24.4 Å². The Morgan fingerprint density at radius 3 is 2.21 bits per heavy atom. The number of carbonyl (C=O) groups excluding carboxylic acids is 2. The van der Waals surface area contributed by atoms with Crippen LogP contribution in [0, 0.1) is 5.82 Å². The van der Waals surface area contributed by atoms with Crippen LogP contribution in [0.25, 0.3) is 0 Å². The average molecular weight is 385 g/mol. The first kappa shape index (κ1) is 19.7. The van der Waals surface area contributed by atoms with E-state index in [1.54, 1.807) is 21.7 Å². The van der Waals surface area contributed by atoms with E-state index in [0.29, 0.717) is 38.5 Å². The Morgan fingerprint density at radius 2 is 1.57 bits per heavy atom. The summed E-state index contributed by atoms with van der Waals surface area (Å²) in [7, 11) is 1.78. The molecule has 1 heterocycles. The van der Waals surface area contributed by atoms with Gasteiger partial charge in [-0.2, -0.15) is 0 Å². The third-order valence-corrected chi connectivity index (χ3v) is 4.67. The first-order chi connectivity index (χ1) is 13.5. The topological polar surface area (TPSA) is 53.1 Å². The first-order valence-corrected chi connectivity index (χ1v) is 9.23. The number of urea groups is 1. The normalized spacial score (nSPS) is 13.9. The average Bonchev–Trinajstić information content (AvgIpc) is 2.73. The maximum atomic E-state index is 12.9. The lowest BCUT2D eigenvalue weighted by Crippen LogP contribution is -2.54. The van der Waals surface area contributed by atoms with Crippen molar-refractivity contribution in [3.05, 3.63) is 66.0 Å². The molecule has 0 aliphatic carbocycles. The highest BCUT2D eigenvalue weighted by Gasteiger charge is 2.26. The van der Waals surface area contributed by atoms with Crippen LogP contribution in [0.5, 0.6) is 5.75 Å². The number of amides is 3. The monoisotopic (exact) mass is 385 g/mol. The van der Waals surface area contributed by atoms with Crippen LogP contribution in [-0.2, 0) is 11.3 Å². The molecule has 0 N–H and O–H groups in total. The lowest BCUT2D eigenvalue weighted by atomic mass is 10.2. The van der Waals surface area contributed by atoms with Crippen molar-refractivity contribution in [1.29, 1.82) is 0 Å². The number of hydrogen-bond donors (Lipinski definition) is 0. The van der Waals surface area contributed by atoms with Gasteiger partial charge in [-0.3, -0.25) is 4.79 Å². The third-order valence-electron chi connectivity index (χ3n) is 4.67. The van der Waals surface area contributed by atoms with Crippen molar-refractivity contribution in [3.8, 4) is 5.75 Å². The molecule has 28 heavy (non-hydrogen) atoms. The zero-order chi connectivity index (χ0) is 19.9. The standard InChI is InChI=1S/C21H24FN3O3/c1-23(15-17-5-3-2-4-6-17)21(27)25-13-11-24(12-14-25)20(26)16-28-19-9-7-18(22)8-10-19/h2-10H,11-16H2,1H3. The van der Waals surface area contributed by atoms with Crippen LogP contribution in [0.4, 0.5) is 9.18 Å².